The number of pyridine rings is 1. The Kier molecular flexibility index (Phi) is 4.58. The molecule has 1 aromatic heterocycles. The summed E-state index contributed by atoms with van der Waals surface area (Å²) in [6.07, 6.45) is 3.93. The SMILES string of the molecule is CCOC(=O)C(C)(Cc1ccncc1)c1ccc(O)cc1. The van der Waals surface area contributed by atoms with E-state index in [1.807, 2.05) is 19.1 Å². The first kappa shape index (κ1) is 15.0. The van der Waals surface area contributed by atoms with Gasteiger partial charge in [0.2, 0.25) is 0 Å². The molecule has 4 heteroatoms. The highest BCUT2D eigenvalue weighted by Crippen LogP contribution is 2.31. The number of carbonyl (C=O) groups excluding carboxylic acids is 1. The predicted molar refractivity (Wildman–Crippen MR) is 80.0 cm³/mol. The number of hydrogen-bond acceptors (Lipinski definition) is 4. The summed E-state index contributed by atoms with van der Waals surface area (Å²) in [6, 6.07) is 10.5. The minimum absolute atomic E-state index is 0.175. The zero-order valence-corrected chi connectivity index (χ0v) is 12.2. The largest absolute Gasteiger partial charge is 0.508 e. The number of rotatable bonds is 5. The third-order valence-electron chi connectivity index (χ3n) is 3.54. The van der Waals surface area contributed by atoms with Gasteiger partial charge in [0, 0.05) is 12.4 Å². The molecule has 4 nitrogen and oxygen atoms in total. The standard InChI is InChI=1S/C17H19NO3/c1-3-21-16(20)17(2,12-13-8-10-18-11-9-13)14-4-6-15(19)7-5-14/h4-11,19H,3,12H2,1-2H3. The Labute approximate surface area is 124 Å². The molecule has 0 saturated heterocycles. The lowest BCUT2D eigenvalue weighted by molar-refractivity contribution is -0.149. The van der Waals surface area contributed by atoms with E-state index in [9.17, 15) is 9.90 Å². The monoisotopic (exact) mass is 285 g/mol. The molecule has 0 aliphatic carbocycles. The molecule has 0 amide bonds. The van der Waals surface area contributed by atoms with Crippen LogP contribution < -0.4 is 0 Å². The van der Waals surface area contributed by atoms with Crippen LogP contribution in [0, 0.1) is 0 Å². The maximum Gasteiger partial charge on any atom is 0.316 e. The summed E-state index contributed by atoms with van der Waals surface area (Å²) >= 11 is 0. The summed E-state index contributed by atoms with van der Waals surface area (Å²) < 4.78 is 5.25. The summed E-state index contributed by atoms with van der Waals surface area (Å²) in [5.74, 6) is -0.0960. The van der Waals surface area contributed by atoms with E-state index in [1.165, 1.54) is 0 Å². The average molecular weight is 285 g/mol. The highest BCUT2D eigenvalue weighted by Gasteiger charge is 2.36. The van der Waals surface area contributed by atoms with E-state index in [0.717, 1.165) is 11.1 Å². The van der Waals surface area contributed by atoms with Gasteiger partial charge in [-0.3, -0.25) is 9.78 Å². The van der Waals surface area contributed by atoms with E-state index in [4.69, 9.17) is 4.74 Å². The second-order valence-corrected chi connectivity index (χ2v) is 5.13. The van der Waals surface area contributed by atoms with Gasteiger partial charge in [-0.1, -0.05) is 12.1 Å². The normalized spacial score (nSPS) is 13.4. The topological polar surface area (TPSA) is 59.4 Å². The van der Waals surface area contributed by atoms with Crippen molar-refractivity contribution in [1.82, 2.24) is 4.98 Å². The number of aromatic hydroxyl groups is 1. The van der Waals surface area contributed by atoms with Gasteiger partial charge in [-0.15, -0.1) is 0 Å². The number of hydrogen-bond donors (Lipinski definition) is 1. The molecule has 2 rings (SSSR count). The van der Waals surface area contributed by atoms with E-state index in [1.54, 1.807) is 43.6 Å². The lowest BCUT2D eigenvalue weighted by Crippen LogP contribution is -2.36. The number of benzene rings is 1. The number of phenols is 1. The Morgan fingerprint density at radius 1 is 1.19 bits per heavy atom. The summed E-state index contributed by atoms with van der Waals surface area (Å²) in [7, 11) is 0. The molecule has 1 atom stereocenters. The fourth-order valence-corrected chi connectivity index (χ4v) is 2.32. The van der Waals surface area contributed by atoms with E-state index < -0.39 is 5.41 Å². The Balaban J connectivity index is 2.38. The molecule has 0 fully saturated rings. The number of esters is 1. The minimum atomic E-state index is -0.801. The Bertz CT molecular complexity index is 595. The van der Waals surface area contributed by atoms with E-state index in [-0.39, 0.29) is 11.7 Å². The quantitative estimate of drug-likeness (QED) is 0.858. The molecule has 110 valence electrons. The number of nitrogens with zero attached hydrogens (tertiary/aromatic N) is 1. The van der Waals surface area contributed by atoms with Gasteiger partial charge in [0.1, 0.15) is 5.75 Å². The van der Waals surface area contributed by atoms with Crippen LogP contribution in [0.4, 0.5) is 0 Å². The fourth-order valence-electron chi connectivity index (χ4n) is 2.32. The highest BCUT2D eigenvalue weighted by molar-refractivity contribution is 5.83. The maximum absolute atomic E-state index is 12.5. The van der Waals surface area contributed by atoms with Crippen molar-refractivity contribution in [3.8, 4) is 5.75 Å². The summed E-state index contributed by atoms with van der Waals surface area (Å²) in [6.45, 7) is 3.99. The molecular formula is C17H19NO3. The molecule has 0 spiro atoms. The van der Waals surface area contributed by atoms with Gasteiger partial charge in [-0.2, -0.15) is 0 Å². The fraction of sp³-hybridized carbons (Fsp3) is 0.294. The second-order valence-electron chi connectivity index (χ2n) is 5.13. The molecule has 0 aliphatic heterocycles. The molecule has 2 aromatic rings. The van der Waals surface area contributed by atoms with Crippen LogP contribution in [0.15, 0.2) is 48.8 Å². The highest BCUT2D eigenvalue weighted by atomic mass is 16.5. The van der Waals surface area contributed by atoms with Crippen molar-refractivity contribution < 1.29 is 14.6 Å². The predicted octanol–water partition coefficient (Wildman–Crippen LogP) is 2.85. The van der Waals surface area contributed by atoms with Gasteiger partial charge in [0.15, 0.2) is 0 Å². The van der Waals surface area contributed by atoms with Crippen molar-refractivity contribution in [2.75, 3.05) is 6.61 Å². The van der Waals surface area contributed by atoms with Gasteiger partial charge in [0.05, 0.1) is 12.0 Å². The van der Waals surface area contributed by atoms with Crippen molar-refractivity contribution in [3.63, 3.8) is 0 Å². The van der Waals surface area contributed by atoms with Crippen LogP contribution in [-0.2, 0) is 21.4 Å². The molecule has 21 heavy (non-hydrogen) atoms. The van der Waals surface area contributed by atoms with Crippen LogP contribution in [0.3, 0.4) is 0 Å². The summed E-state index contributed by atoms with van der Waals surface area (Å²) in [5, 5.41) is 9.43. The Morgan fingerprint density at radius 2 is 1.81 bits per heavy atom. The maximum atomic E-state index is 12.5. The zero-order chi connectivity index (χ0) is 15.3. The van der Waals surface area contributed by atoms with Gasteiger partial charge in [-0.05, 0) is 55.7 Å². The zero-order valence-electron chi connectivity index (χ0n) is 12.2. The number of phenolic OH excluding ortho intramolecular Hbond substituents is 1. The smallest absolute Gasteiger partial charge is 0.316 e. The molecule has 1 heterocycles. The first-order valence-electron chi connectivity index (χ1n) is 6.92. The van der Waals surface area contributed by atoms with Crippen molar-refractivity contribution in [3.05, 3.63) is 59.9 Å². The van der Waals surface area contributed by atoms with E-state index >= 15 is 0 Å². The van der Waals surface area contributed by atoms with Crippen LogP contribution in [0.25, 0.3) is 0 Å². The van der Waals surface area contributed by atoms with Crippen molar-refractivity contribution in [2.45, 2.75) is 25.7 Å². The van der Waals surface area contributed by atoms with Crippen LogP contribution in [0.5, 0.6) is 5.75 Å². The van der Waals surface area contributed by atoms with Crippen LogP contribution >= 0.6 is 0 Å². The van der Waals surface area contributed by atoms with Gasteiger partial charge < -0.3 is 9.84 Å². The first-order valence-corrected chi connectivity index (χ1v) is 6.92. The molecule has 0 bridgehead atoms. The lowest BCUT2D eigenvalue weighted by atomic mass is 9.77. The molecular weight excluding hydrogens is 266 g/mol. The van der Waals surface area contributed by atoms with Crippen molar-refractivity contribution in [2.24, 2.45) is 0 Å². The minimum Gasteiger partial charge on any atom is -0.508 e. The molecule has 0 radical (unpaired) electrons. The number of carbonyl (C=O) groups is 1. The van der Waals surface area contributed by atoms with Gasteiger partial charge >= 0.3 is 5.97 Å². The van der Waals surface area contributed by atoms with Crippen LogP contribution in [-0.4, -0.2) is 22.7 Å². The third kappa shape index (κ3) is 3.40. The van der Waals surface area contributed by atoms with Crippen LogP contribution in [0.1, 0.15) is 25.0 Å². The third-order valence-corrected chi connectivity index (χ3v) is 3.54. The van der Waals surface area contributed by atoms with Gasteiger partial charge in [-0.25, -0.2) is 0 Å². The Hall–Kier alpha value is -2.36. The lowest BCUT2D eigenvalue weighted by Gasteiger charge is -2.28. The second kappa shape index (κ2) is 6.39. The average Bonchev–Trinajstić information content (AvgIpc) is 2.49. The molecule has 1 aromatic carbocycles. The molecule has 1 unspecified atom stereocenters. The van der Waals surface area contributed by atoms with Gasteiger partial charge in [0.25, 0.3) is 0 Å². The number of aromatic nitrogens is 1. The number of ether oxygens (including phenoxy) is 1. The molecule has 0 aliphatic rings. The first-order chi connectivity index (χ1) is 10.1. The van der Waals surface area contributed by atoms with Crippen LogP contribution in [0.2, 0.25) is 0 Å². The van der Waals surface area contributed by atoms with E-state index in [0.29, 0.717) is 13.0 Å². The molecule has 1 N–H and O–H groups in total. The van der Waals surface area contributed by atoms with E-state index in [2.05, 4.69) is 4.98 Å². The van der Waals surface area contributed by atoms with Crippen molar-refractivity contribution >= 4 is 5.97 Å². The molecule has 0 saturated carbocycles. The Morgan fingerprint density at radius 3 is 2.38 bits per heavy atom. The summed E-state index contributed by atoms with van der Waals surface area (Å²) in [4.78, 5) is 16.4. The summed E-state index contributed by atoms with van der Waals surface area (Å²) in [5.41, 5.74) is 1.02. The van der Waals surface area contributed by atoms with Crippen molar-refractivity contribution in [1.29, 1.82) is 0 Å².